The molecule has 0 aliphatic carbocycles. The molecule has 0 amide bonds. The number of halogens is 1. The SMILES string of the molecule is C/C(=N\O)c1c(C)nc2ccc(Cl)cn12. The molecule has 2 aromatic heterocycles. The Morgan fingerprint density at radius 2 is 2.27 bits per heavy atom. The smallest absolute Gasteiger partial charge is 0.137 e. The fourth-order valence-electron chi connectivity index (χ4n) is 1.62. The summed E-state index contributed by atoms with van der Waals surface area (Å²) in [7, 11) is 0. The quantitative estimate of drug-likeness (QED) is 0.459. The Balaban J connectivity index is 2.82. The molecule has 5 heteroatoms. The van der Waals surface area contributed by atoms with Crippen molar-refractivity contribution in [3.63, 3.8) is 0 Å². The van der Waals surface area contributed by atoms with E-state index in [0.29, 0.717) is 10.7 Å². The Labute approximate surface area is 91.8 Å². The van der Waals surface area contributed by atoms with Gasteiger partial charge in [-0.05, 0) is 26.0 Å². The van der Waals surface area contributed by atoms with Crippen LogP contribution in [0.2, 0.25) is 5.02 Å². The maximum Gasteiger partial charge on any atom is 0.137 e. The Morgan fingerprint density at radius 1 is 1.53 bits per heavy atom. The molecule has 0 aliphatic heterocycles. The summed E-state index contributed by atoms with van der Waals surface area (Å²) in [4.78, 5) is 4.34. The lowest BCUT2D eigenvalue weighted by Gasteiger charge is -2.00. The first-order valence-electron chi connectivity index (χ1n) is 4.46. The van der Waals surface area contributed by atoms with Crippen LogP contribution in [0, 0.1) is 6.92 Å². The molecule has 0 atom stereocenters. The van der Waals surface area contributed by atoms with Crippen molar-refractivity contribution < 1.29 is 5.21 Å². The van der Waals surface area contributed by atoms with Crippen LogP contribution in [0.25, 0.3) is 5.65 Å². The molecule has 0 aromatic carbocycles. The standard InChI is InChI=1S/C10H10ClN3O/c1-6-10(7(2)13-15)14-5-8(11)3-4-9(14)12-6/h3-5,15H,1-2H3/b13-7+. The van der Waals surface area contributed by atoms with Gasteiger partial charge in [-0.3, -0.25) is 4.40 Å². The first-order valence-corrected chi connectivity index (χ1v) is 4.84. The predicted octanol–water partition coefficient (Wildman–Crippen LogP) is 2.49. The van der Waals surface area contributed by atoms with E-state index >= 15 is 0 Å². The van der Waals surface area contributed by atoms with Crippen LogP contribution >= 0.6 is 11.6 Å². The van der Waals surface area contributed by atoms with Gasteiger partial charge in [0.1, 0.15) is 11.4 Å². The van der Waals surface area contributed by atoms with Crippen LogP contribution in [-0.4, -0.2) is 20.3 Å². The number of nitrogens with zero attached hydrogens (tertiary/aromatic N) is 3. The molecule has 2 aromatic rings. The molecule has 0 aliphatic rings. The van der Waals surface area contributed by atoms with E-state index in [2.05, 4.69) is 10.1 Å². The van der Waals surface area contributed by atoms with Gasteiger partial charge < -0.3 is 5.21 Å². The number of hydrogen-bond donors (Lipinski definition) is 1. The van der Waals surface area contributed by atoms with Crippen molar-refractivity contribution in [3.05, 3.63) is 34.7 Å². The van der Waals surface area contributed by atoms with Crippen LogP contribution in [0.15, 0.2) is 23.5 Å². The van der Waals surface area contributed by atoms with Gasteiger partial charge in [0.05, 0.1) is 16.4 Å². The minimum Gasteiger partial charge on any atom is -0.411 e. The zero-order valence-corrected chi connectivity index (χ0v) is 9.15. The summed E-state index contributed by atoms with van der Waals surface area (Å²) in [5, 5.41) is 12.6. The maximum atomic E-state index is 8.77. The molecule has 2 heterocycles. The number of hydrogen-bond acceptors (Lipinski definition) is 3. The van der Waals surface area contributed by atoms with E-state index in [1.165, 1.54) is 0 Å². The third kappa shape index (κ3) is 1.57. The summed E-state index contributed by atoms with van der Waals surface area (Å²) in [6.45, 7) is 3.59. The lowest BCUT2D eigenvalue weighted by Crippen LogP contribution is -2.02. The van der Waals surface area contributed by atoms with E-state index in [1.54, 1.807) is 19.2 Å². The monoisotopic (exact) mass is 223 g/mol. The van der Waals surface area contributed by atoms with E-state index in [0.717, 1.165) is 17.0 Å². The minimum atomic E-state index is 0.516. The summed E-state index contributed by atoms with van der Waals surface area (Å²) < 4.78 is 1.81. The highest BCUT2D eigenvalue weighted by Gasteiger charge is 2.11. The van der Waals surface area contributed by atoms with Crippen LogP contribution in [-0.2, 0) is 0 Å². The Kier molecular flexibility index (Phi) is 2.36. The normalized spacial score (nSPS) is 12.3. The van der Waals surface area contributed by atoms with Crippen molar-refractivity contribution in [2.24, 2.45) is 5.16 Å². The topological polar surface area (TPSA) is 49.9 Å². The van der Waals surface area contributed by atoms with Gasteiger partial charge in [0.15, 0.2) is 0 Å². The average molecular weight is 224 g/mol. The molecule has 0 radical (unpaired) electrons. The van der Waals surface area contributed by atoms with Gasteiger partial charge in [-0.25, -0.2) is 4.98 Å². The van der Waals surface area contributed by atoms with E-state index in [-0.39, 0.29) is 0 Å². The highest BCUT2D eigenvalue weighted by atomic mass is 35.5. The molecule has 78 valence electrons. The van der Waals surface area contributed by atoms with Crippen molar-refractivity contribution in [2.75, 3.05) is 0 Å². The maximum absolute atomic E-state index is 8.77. The number of pyridine rings is 1. The Morgan fingerprint density at radius 3 is 2.93 bits per heavy atom. The second-order valence-corrected chi connectivity index (χ2v) is 3.74. The highest BCUT2D eigenvalue weighted by Crippen LogP contribution is 2.16. The van der Waals surface area contributed by atoms with Crippen LogP contribution in [0.3, 0.4) is 0 Å². The molecule has 0 saturated heterocycles. The lowest BCUT2D eigenvalue weighted by molar-refractivity contribution is 0.319. The first-order chi connectivity index (χ1) is 7.13. The van der Waals surface area contributed by atoms with Crippen molar-refractivity contribution in [2.45, 2.75) is 13.8 Å². The van der Waals surface area contributed by atoms with Crippen LogP contribution in [0.5, 0.6) is 0 Å². The molecule has 0 unspecified atom stereocenters. The number of aryl methyl sites for hydroxylation is 1. The fraction of sp³-hybridized carbons (Fsp3) is 0.200. The number of fused-ring (bicyclic) bond motifs is 1. The fourth-order valence-corrected chi connectivity index (χ4v) is 1.78. The average Bonchev–Trinajstić information content (AvgIpc) is 2.52. The summed E-state index contributed by atoms with van der Waals surface area (Å²) in [5.41, 5.74) is 2.89. The van der Waals surface area contributed by atoms with Crippen molar-refractivity contribution >= 4 is 23.0 Å². The van der Waals surface area contributed by atoms with Crippen molar-refractivity contribution in [1.82, 2.24) is 9.38 Å². The van der Waals surface area contributed by atoms with Gasteiger partial charge in [-0.15, -0.1) is 0 Å². The first kappa shape index (κ1) is 9.98. The van der Waals surface area contributed by atoms with Crippen LogP contribution < -0.4 is 0 Å². The molecular weight excluding hydrogens is 214 g/mol. The third-order valence-electron chi connectivity index (χ3n) is 2.25. The Hall–Kier alpha value is -1.55. The highest BCUT2D eigenvalue weighted by molar-refractivity contribution is 6.30. The molecule has 0 bridgehead atoms. The number of imidazole rings is 1. The summed E-state index contributed by atoms with van der Waals surface area (Å²) in [5.74, 6) is 0. The van der Waals surface area contributed by atoms with Gasteiger partial charge in [0.2, 0.25) is 0 Å². The molecule has 1 N–H and O–H groups in total. The molecule has 0 fully saturated rings. The van der Waals surface area contributed by atoms with E-state index in [1.807, 2.05) is 17.4 Å². The summed E-state index contributed by atoms with van der Waals surface area (Å²) >= 11 is 5.90. The molecule has 0 spiro atoms. The molecule has 2 rings (SSSR count). The largest absolute Gasteiger partial charge is 0.411 e. The molecule has 4 nitrogen and oxygen atoms in total. The van der Waals surface area contributed by atoms with Gasteiger partial charge in [-0.2, -0.15) is 0 Å². The number of oxime groups is 1. The number of aromatic nitrogens is 2. The van der Waals surface area contributed by atoms with Crippen LogP contribution in [0.4, 0.5) is 0 Å². The predicted molar refractivity (Wildman–Crippen MR) is 58.9 cm³/mol. The summed E-state index contributed by atoms with van der Waals surface area (Å²) in [6.07, 6.45) is 1.75. The molecule has 0 saturated carbocycles. The minimum absolute atomic E-state index is 0.516. The third-order valence-corrected chi connectivity index (χ3v) is 2.47. The van der Waals surface area contributed by atoms with Gasteiger partial charge in [0, 0.05) is 6.20 Å². The van der Waals surface area contributed by atoms with E-state index in [9.17, 15) is 0 Å². The second kappa shape index (κ2) is 3.55. The van der Waals surface area contributed by atoms with Crippen molar-refractivity contribution in [1.29, 1.82) is 0 Å². The van der Waals surface area contributed by atoms with Gasteiger partial charge in [-0.1, -0.05) is 16.8 Å². The zero-order chi connectivity index (χ0) is 11.0. The Bertz CT molecular complexity index is 545. The summed E-state index contributed by atoms with van der Waals surface area (Å²) in [6, 6.07) is 3.60. The van der Waals surface area contributed by atoms with Gasteiger partial charge >= 0.3 is 0 Å². The lowest BCUT2D eigenvalue weighted by atomic mass is 10.2. The molecular formula is C10H10ClN3O. The van der Waals surface area contributed by atoms with E-state index < -0.39 is 0 Å². The van der Waals surface area contributed by atoms with Gasteiger partial charge in [0.25, 0.3) is 0 Å². The zero-order valence-electron chi connectivity index (χ0n) is 8.40. The molecule has 15 heavy (non-hydrogen) atoms. The van der Waals surface area contributed by atoms with E-state index in [4.69, 9.17) is 16.8 Å². The van der Waals surface area contributed by atoms with Crippen molar-refractivity contribution in [3.8, 4) is 0 Å². The van der Waals surface area contributed by atoms with Crippen LogP contribution in [0.1, 0.15) is 18.3 Å². The number of rotatable bonds is 1. The second-order valence-electron chi connectivity index (χ2n) is 3.31.